The zero-order chi connectivity index (χ0) is 13.1. The molecule has 1 heterocycles. The van der Waals surface area contributed by atoms with E-state index in [1.165, 1.54) is 11.0 Å². The molecule has 18 heavy (non-hydrogen) atoms. The Balaban J connectivity index is 2.19. The summed E-state index contributed by atoms with van der Waals surface area (Å²) in [6, 6.07) is 4.74. The summed E-state index contributed by atoms with van der Waals surface area (Å²) in [5.74, 6) is -0.335. The Labute approximate surface area is 110 Å². The topological polar surface area (TPSA) is 75.4 Å². The van der Waals surface area contributed by atoms with Gasteiger partial charge in [-0.15, -0.1) is 0 Å². The number of carbonyl (C=O) groups is 2. The van der Waals surface area contributed by atoms with Gasteiger partial charge in [-0.05, 0) is 24.6 Å². The van der Waals surface area contributed by atoms with Crippen LogP contribution in [0.3, 0.4) is 0 Å². The Morgan fingerprint density at radius 3 is 2.94 bits per heavy atom. The molecule has 1 aliphatic heterocycles. The summed E-state index contributed by atoms with van der Waals surface area (Å²) in [6.07, 6.45) is 0.751. The van der Waals surface area contributed by atoms with Crippen LogP contribution in [0.5, 0.6) is 0 Å². The lowest BCUT2D eigenvalue weighted by Gasteiger charge is -2.19. The molecule has 0 radical (unpaired) electrons. The van der Waals surface area contributed by atoms with Crippen molar-refractivity contribution in [2.24, 2.45) is 0 Å². The standard InChI is InChI=1S/C12H14ClN3O2/c13-9-3-2-8(6-10(9)14)12(18)16-5-1-4-15-11(17)7-16/h2-3,6H,1,4-5,7,14H2,(H,15,17). The molecule has 2 amide bonds. The number of benzene rings is 1. The second kappa shape index (κ2) is 5.27. The number of halogens is 1. The van der Waals surface area contributed by atoms with Crippen molar-refractivity contribution in [1.29, 1.82) is 0 Å². The van der Waals surface area contributed by atoms with E-state index in [1.54, 1.807) is 12.1 Å². The van der Waals surface area contributed by atoms with Gasteiger partial charge in [-0.25, -0.2) is 0 Å². The number of nitrogens with one attached hydrogen (secondary N) is 1. The third-order valence-corrected chi connectivity index (χ3v) is 3.14. The van der Waals surface area contributed by atoms with Crippen molar-refractivity contribution in [3.63, 3.8) is 0 Å². The number of carbonyl (C=O) groups excluding carboxylic acids is 2. The number of amides is 2. The summed E-state index contributed by atoms with van der Waals surface area (Å²) < 4.78 is 0. The van der Waals surface area contributed by atoms with Crippen LogP contribution in [-0.4, -0.2) is 36.3 Å². The number of hydrogen-bond acceptors (Lipinski definition) is 3. The van der Waals surface area contributed by atoms with E-state index in [2.05, 4.69) is 5.32 Å². The summed E-state index contributed by atoms with van der Waals surface area (Å²) >= 11 is 5.81. The highest BCUT2D eigenvalue weighted by Gasteiger charge is 2.21. The van der Waals surface area contributed by atoms with Crippen LogP contribution in [0.2, 0.25) is 5.02 Å². The number of rotatable bonds is 1. The van der Waals surface area contributed by atoms with Crippen LogP contribution in [0, 0.1) is 0 Å². The van der Waals surface area contributed by atoms with Gasteiger partial charge in [-0.1, -0.05) is 11.6 Å². The van der Waals surface area contributed by atoms with Gasteiger partial charge in [0.2, 0.25) is 5.91 Å². The minimum Gasteiger partial charge on any atom is -0.398 e. The SMILES string of the molecule is Nc1cc(C(=O)N2CCCNC(=O)C2)ccc1Cl. The molecule has 1 fully saturated rings. The van der Waals surface area contributed by atoms with Crippen LogP contribution in [0.15, 0.2) is 18.2 Å². The van der Waals surface area contributed by atoms with Gasteiger partial charge in [-0.3, -0.25) is 9.59 Å². The maximum atomic E-state index is 12.2. The Kier molecular flexibility index (Phi) is 3.72. The van der Waals surface area contributed by atoms with Crippen LogP contribution >= 0.6 is 11.6 Å². The summed E-state index contributed by atoms with van der Waals surface area (Å²) in [5, 5.41) is 3.14. The summed E-state index contributed by atoms with van der Waals surface area (Å²) in [6.45, 7) is 1.24. The van der Waals surface area contributed by atoms with Crippen molar-refractivity contribution in [1.82, 2.24) is 10.2 Å². The van der Waals surface area contributed by atoms with E-state index in [0.717, 1.165) is 6.42 Å². The average Bonchev–Trinajstić information content (AvgIpc) is 2.56. The lowest BCUT2D eigenvalue weighted by Crippen LogP contribution is -2.37. The second-order valence-electron chi connectivity index (χ2n) is 4.17. The van der Waals surface area contributed by atoms with Gasteiger partial charge in [0.15, 0.2) is 0 Å². The van der Waals surface area contributed by atoms with Crippen molar-refractivity contribution < 1.29 is 9.59 Å². The Hall–Kier alpha value is -1.75. The number of nitrogen functional groups attached to an aromatic ring is 1. The van der Waals surface area contributed by atoms with Crippen LogP contribution in [0.25, 0.3) is 0 Å². The van der Waals surface area contributed by atoms with Crippen LogP contribution in [0.1, 0.15) is 16.8 Å². The van der Waals surface area contributed by atoms with Crippen molar-refractivity contribution in [3.8, 4) is 0 Å². The molecule has 1 aromatic carbocycles. The first-order valence-corrected chi connectivity index (χ1v) is 6.07. The maximum absolute atomic E-state index is 12.2. The molecule has 0 aromatic heterocycles. The second-order valence-corrected chi connectivity index (χ2v) is 4.57. The number of anilines is 1. The number of hydrogen-bond donors (Lipinski definition) is 2. The van der Waals surface area contributed by atoms with Gasteiger partial charge in [0.05, 0.1) is 17.3 Å². The Bertz CT molecular complexity index is 490. The van der Waals surface area contributed by atoms with E-state index in [-0.39, 0.29) is 18.4 Å². The van der Waals surface area contributed by atoms with Gasteiger partial charge in [0.25, 0.3) is 5.91 Å². The molecule has 6 heteroatoms. The van der Waals surface area contributed by atoms with E-state index in [0.29, 0.717) is 29.4 Å². The first-order valence-electron chi connectivity index (χ1n) is 5.69. The monoisotopic (exact) mass is 267 g/mol. The van der Waals surface area contributed by atoms with Crippen LogP contribution in [-0.2, 0) is 4.79 Å². The molecule has 0 unspecified atom stereocenters. The molecule has 2 rings (SSSR count). The van der Waals surface area contributed by atoms with E-state index >= 15 is 0 Å². The van der Waals surface area contributed by atoms with Crippen LogP contribution in [0.4, 0.5) is 5.69 Å². The largest absolute Gasteiger partial charge is 0.398 e. The zero-order valence-corrected chi connectivity index (χ0v) is 10.5. The first kappa shape index (κ1) is 12.7. The zero-order valence-electron chi connectivity index (χ0n) is 9.78. The molecule has 0 spiro atoms. The van der Waals surface area contributed by atoms with E-state index in [1.807, 2.05) is 0 Å². The molecule has 1 aliphatic rings. The molecular weight excluding hydrogens is 254 g/mol. The van der Waals surface area contributed by atoms with Crippen molar-refractivity contribution in [2.45, 2.75) is 6.42 Å². The number of nitrogens with two attached hydrogens (primary N) is 1. The van der Waals surface area contributed by atoms with Crippen molar-refractivity contribution >= 4 is 29.1 Å². The highest BCUT2D eigenvalue weighted by Crippen LogP contribution is 2.20. The molecule has 0 aliphatic carbocycles. The van der Waals surface area contributed by atoms with Gasteiger partial charge in [-0.2, -0.15) is 0 Å². The molecule has 5 nitrogen and oxygen atoms in total. The first-order chi connectivity index (χ1) is 8.58. The fraction of sp³-hybridized carbons (Fsp3) is 0.333. The highest BCUT2D eigenvalue weighted by molar-refractivity contribution is 6.33. The summed E-state index contributed by atoms with van der Waals surface area (Å²) in [5.41, 5.74) is 6.48. The molecule has 1 saturated heterocycles. The van der Waals surface area contributed by atoms with Crippen molar-refractivity contribution in [2.75, 3.05) is 25.4 Å². The Morgan fingerprint density at radius 2 is 2.22 bits per heavy atom. The molecule has 0 atom stereocenters. The lowest BCUT2D eigenvalue weighted by molar-refractivity contribution is -0.121. The van der Waals surface area contributed by atoms with Gasteiger partial charge >= 0.3 is 0 Å². The summed E-state index contributed by atoms with van der Waals surface area (Å²) in [4.78, 5) is 25.1. The highest BCUT2D eigenvalue weighted by atomic mass is 35.5. The van der Waals surface area contributed by atoms with Gasteiger partial charge in [0.1, 0.15) is 0 Å². The van der Waals surface area contributed by atoms with Gasteiger partial charge in [0, 0.05) is 18.7 Å². The fourth-order valence-electron chi connectivity index (χ4n) is 1.84. The predicted molar refractivity (Wildman–Crippen MR) is 69.4 cm³/mol. The van der Waals surface area contributed by atoms with Crippen LogP contribution < -0.4 is 11.1 Å². The minimum absolute atomic E-state index is 0.0847. The van der Waals surface area contributed by atoms with E-state index in [4.69, 9.17) is 17.3 Å². The third-order valence-electron chi connectivity index (χ3n) is 2.79. The Morgan fingerprint density at radius 1 is 1.44 bits per heavy atom. The van der Waals surface area contributed by atoms with Crippen molar-refractivity contribution in [3.05, 3.63) is 28.8 Å². The normalized spacial score (nSPS) is 16.1. The minimum atomic E-state index is -0.199. The van der Waals surface area contributed by atoms with Gasteiger partial charge < -0.3 is 16.0 Å². The molecule has 0 bridgehead atoms. The number of nitrogens with zero attached hydrogens (tertiary/aromatic N) is 1. The molecule has 1 aromatic rings. The lowest BCUT2D eigenvalue weighted by atomic mass is 10.1. The molecular formula is C12H14ClN3O2. The molecule has 0 saturated carbocycles. The quantitative estimate of drug-likeness (QED) is 0.742. The maximum Gasteiger partial charge on any atom is 0.254 e. The molecule has 96 valence electrons. The van der Waals surface area contributed by atoms with E-state index in [9.17, 15) is 9.59 Å². The van der Waals surface area contributed by atoms with E-state index < -0.39 is 0 Å². The summed E-state index contributed by atoms with van der Waals surface area (Å²) in [7, 11) is 0. The molecule has 3 N–H and O–H groups in total. The third kappa shape index (κ3) is 2.73. The smallest absolute Gasteiger partial charge is 0.254 e. The fourth-order valence-corrected chi connectivity index (χ4v) is 1.96. The average molecular weight is 268 g/mol. The predicted octanol–water partition coefficient (Wildman–Crippen LogP) is 0.884.